The van der Waals surface area contributed by atoms with Crippen molar-refractivity contribution in [3.05, 3.63) is 58.9 Å². The molecule has 1 aliphatic heterocycles. The molecular formula is C21H26FN3O2. The van der Waals surface area contributed by atoms with Crippen LogP contribution in [0, 0.1) is 12.7 Å². The summed E-state index contributed by atoms with van der Waals surface area (Å²) in [6.45, 7) is 6.47. The van der Waals surface area contributed by atoms with E-state index in [0.717, 1.165) is 35.5 Å². The van der Waals surface area contributed by atoms with Gasteiger partial charge in [-0.25, -0.2) is 14.4 Å². The first-order valence-corrected chi connectivity index (χ1v) is 9.49. The maximum atomic E-state index is 13.0. The van der Waals surface area contributed by atoms with Gasteiger partial charge in [-0.05, 0) is 44.4 Å². The van der Waals surface area contributed by atoms with Gasteiger partial charge < -0.3 is 9.64 Å². The van der Waals surface area contributed by atoms with Gasteiger partial charge in [-0.1, -0.05) is 12.1 Å². The van der Waals surface area contributed by atoms with Crippen LogP contribution in [0.15, 0.2) is 30.5 Å². The van der Waals surface area contributed by atoms with Crippen molar-refractivity contribution in [2.45, 2.75) is 45.6 Å². The van der Waals surface area contributed by atoms with Gasteiger partial charge in [-0.2, -0.15) is 0 Å². The fourth-order valence-corrected chi connectivity index (χ4v) is 3.48. The van der Waals surface area contributed by atoms with Crippen LogP contribution in [0.25, 0.3) is 0 Å². The molecular weight excluding hydrogens is 345 g/mol. The highest BCUT2D eigenvalue weighted by Crippen LogP contribution is 2.29. The van der Waals surface area contributed by atoms with E-state index in [0.29, 0.717) is 38.6 Å². The molecule has 2 aromatic rings. The number of aromatic nitrogens is 2. The van der Waals surface area contributed by atoms with Crippen LogP contribution in [0.5, 0.6) is 0 Å². The van der Waals surface area contributed by atoms with E-state index in [4.69, 9.17) is 4.74 Å². The molecule has 1 aliphatic rings. The number of rotatable bonds is 6. The minimum atomic E-state index is -0.282. The molecule has 2 heterocycles. The lowest BCUT2D eigenvalue weighted by molar-refractivity contribution is -0.131. The number of carbonyl (C=O) groups is 1. The average molecular weight is 371 g/mol. The number of hydrogen-bond donors (Lipinski definition) is 0. The van der Waals surface area contributed by atoms with Crippen molar-refractivity contribution in [2.24, 2.45) is 0 Å². The van der Waals surface area contributed by atoms with Crippen LogP contribution in [0.1, 0.15) is 48.3 Å². The van der Waals surface area contributed by atoms with Crippen LogP contribution < -0.4 is 0 Å². The molecule has 1 saturated heterocycles. The molecule has 1 aromatic heterocycles. The standard InChI is InChI=1S/C21H26FN3O2/c1-3-27-14-18-13-23-15(2)24-21(18)17-8-10-25(11-9-17)20(26)12-16-4-6-19(22)7-5-16/h4-7,13,17H,3,8-12,14H2,1-2H3. The zero-order valence-corrected chi connectivity index (χ0v) is 15.9. The molecule has 6 heteroatoms. The zero-order chi connectivity index (χ0) is 19.2. The summed E-state index contributed by atoms with van der Waals surface area (Å²) in [4.78, 5) is 23.4. The summed E-state index contributed by atoms with van der Waals surface area (Å²) in [7, 11) is 0. The van der Waals surface area contributed by atoms with E-state index in [9.17, 15) is 9.18 Å². The third kappa shape index (κ3) is 5.10. The van der Waals surface area contributed by atoms with Gasteiger partial charge in [0.25, 0.3) is 0 Å². The predicted octanol–water partition coefficient (Wildman–Crippen LogP) is 3.41. The predicted molar refractivity (Wildman–Crippen MR) is 101 cm³/mol. The van der Waals surface area contributed by atoms with Crippen molar-refractivity contribution in [1.29, 1.82) is 0 Å². The second-order valence-corrected chi connectivity index (χ2v) is 6.92. The van der Waals surface area contributed by atoms with Crippen molar-refractivity contribution < 1.29 is 13.9 Å². The highest BCUT2D eigenvalue weighted by atomic mass is 19.1. The van der Waals surface area contributed by atoms with Gasteiger partial charge in [0, 0.05) is 37.4 Å². The molecule has 0 spiro atoms. The average Bonchev–Trinajstić information content (AvgIpc) is 2.69. The maximum Gasteiger partial charge on any atom is 0.226 e. The van der Waals surface area contributed by atoms with E-state index in [1.165, 1.54) is 12.1 Å². The van der Waals surface area contributed by atoms with E-state index in [1.54, 1.807) is 12.1 Å². The Labute approximate surface area is 159 Å². The Morgan fingerprint density at radius 3 is 2.63 bits per heavy atom. The van der Waals surface area contributed by atoms with Crippen LogP contribution in [-0.2, 0) is 22.6 Å². The number of piperidine rings is 1. The summed E-state index contributed by atoms with van der Waals surface area (Å²) in [5.74, 6) is 0.889. The van der Waals surface area contributed by atoms with Crippen LogP contribution in [0.2, 0.25) is 0 Å². The highest BCUT2D eigenvalue weighted by Gasteiger charge is 2.26. The maximum absolute atomic E-state index is 13.0. The minimum Gasteiger partial charge on any atom is -0.377 e. The molecule has 0 atom stereocenters. The first-order valence-electron chi connectivity index (χ1n) is 9.49. The first-order chi connectivity index (χ1) is 13.1. The number of nitrogens with zero attached hydrogens (tertiary/aromatic N) is 3. The zero-order valence-electron chi connectivity index (χ0n) is 15.9. The summed E-state index contributed by atoms with van der Waals surface area (Å²) >= 11 is 0. The SMILES string of the molecule is CCOCc1cnc(C)nc1C1CCN(C(=O)Cc2ccc(F)cc2)CC1. The van der Waals surface area contributed by atoms with Gasteiger partial charge in [0.05, 0.1) is 18.7 Å². The number of amides is 1. The van der Waals surface area contributed by atoms with E-state index >= 15 is 0 Å². The van der Waals surface area contributed by atoms with Crippen LogP contribution in [0.4, 0.5) is 4.39 Å². The molecule has 27 heavy (non-hydrogen) atoms. The van der Waals surface area contributed by atoms with E-state index in [-0.39, 0.29) is 11.7 Å². The number of likely N-dealkylation sites (tertiary alicyclic amines) is 1. The van der Waals surface area contributed by atoms with Gasteiger partial charge in [0.1, 0.15) is 11.6 Å². The van der Waals surface area contributed by atoms with Gasteiger partial charge in [-0.15, -0.1) is 0 Å². The Morgan fingerprint density at radius 2 is 1.96 bits per heavy atom. The topological polar surface area (TPSA) is 55.3 Å². The number of ether oxygens (including phenoxy) is 1. The Kier molecular flexibility index (Phi) is 6.50. The molecule has 0 saturated carbocycles. The van der Waals surface area contributed by atoms with Crippen molar-refractivity contribution in [2.75, 3.05) is 19.7 Å². The third-order valence-electron chi connectivity index (χ3n) is 4.98. The normalized spacial score (nSPS) is 15.1. The van der Waals surface area contributed by atoms with Crippen LogP contribution in [0.3, 0.4) is 0 Å². The summed E-state index contributed by atoms with van der Waals surface area (Å²) < 4.78 is 18.6. The van der Waals surface area contributed by atoms with Crippen molar-refractivity contribution in [1.82, 2.24) is 14.9 Å². The minimum absolute atomic E-state index is 0.0912. The molecule has 1 aromatic carbocycles. The fraction of sp³-hybridized carbons (Fsp3) is 0.476. The van der Waals surface area contributed by atoms with E-state index < -0.39 is 0 Å². The number of carbonyl (C=O) groups excluding carboxylic acids is 1. The smallest absolute Gasteiger partial charge is 0.226 e. The van der Waals surface area contributed by atoms with Crippen LogP contribution >= 0.6 is 0 Å². The second-order valence-electron chi connectivity index (χ2n) is 6.92. The fourth-order valence-electron chi connectivity index (χ4n) is 3.48. The number of benzene rings is 1. The highest BCUT2D eigenvalue weighted by molar-refractivity contribution is 5.78. The Hall–Kier alpha value is -2.34. The lowest BCUT2D eigenvalue weighted by Crippen LogP contribution is -2.39. The molecule has 3 rings (SSSR count). The Morgan fingerprint density at radius 1 is 1.26 bits per heavy atom. The summed E-state index contributed by atoms with van der Waals surface area (Å²) in [6, 6.07) is 6.13. The molecule has 0 N–H and O–H groups in total. The monoisotopic (exact) mass is 371 g/mol. The lowest BCUT2D eigenvalue weighted by Gasteiger charge is -2.32. The van der Waals surface area contributed by atoms with Gasteiger partial charge in [0.15, 0.2) is 0 Å². The lowest BCUT2D eigenvalue weighted by atomic mass is 9.90. The second kappa shape index (κ2) is 9.04. The van der Waals surface area contributed by atoms with Crippen molar-refractivity contribution >= 4 is 5.91 Å². The van der Waals surface area contributed by atoms with Gasteiger partial charge >= 0.3 is 0 Å². The van der Waals surface area contributed by atoms with Crippen molar-refractivity contribution in [3.63, 3.8) is 0 Å². The third-order valence-corrected chi connectivity index (χ3v) is 4.98. The molecule has 0 radical (unpaired) electrons. The molecule has 0 aliphatic carbocycles. The molecule has 1 fully saturated rings. The largest absolute Gasteiger partial charge is 0.377 e. The molecule has 0 bridgehead atoms. The number of halogens is 1. The number of aryl methyl sites for hydroxylation is 1. The molecule has 0 unspecified atom stereocenters. The summed E-state index contributed by atoms with van der Waals surface area (Å²) in [5, 5.41) is 0. The summed E-state index contributed by atoms with van der Waals surface area (Å²) in [6.07, 6.45) is 3.93. The molecule has 5 nitrogen and oxygen atoms in total. The Bertz CT molecular complexity index is 771. The Balaban J connectivity index is 1.60. The molecule has 1 amide bonds. The molecule has 144 valence electrons. The van der Waals surface area contributed by atoms with Gasteiger partial charge in [0.2, 0.25) is 5.91 Å². The first kappa shape index (κ1) is 19.4. The van der Waals surface area contributed by atoms with Crippen LogP contribution in [-0.4, -0.2) is 40.5 Å². The summed E-state index contributed by atoms with van der Waals surface area (Å²) in [5.41, 5.74) is 2.94. The van der Waals surface area contributed by atoms with Crippen molar-refractivity contribution in [3.8, 4) is 0 Å². The van der Waals surface area contributed by atoms with E-state index in [2.05, 4.69) is 9.97 Å². The quantitative estimate of drug-likeness (QED) is 0.781. The number of hydrogen-bond acceptors (Lipinski definition) is 4. The van der Waals surface area contributed by atoms with E-state index in [1.807, 2.05) is 24.9 Å². The van der Waals surface area contributed by atoms with Gasteiger partial charge in [-0.3, -0.25) is 4.79 Å².